The molecule has 0 unspecified atom stereocenters. The zero-order chi connectivity index (χ0) is 20.7. The molecule has 3 heterocycles. The molecule has 1 aromatic rings. The van der Waals surface area contributed by atoms with Crippen LogP contribution < -0.4 is 10.4 Å². The number of rotatable bonds is 4. The maximum absolute atomic E-state index is 11.1. The monoisotopic (exact) mass is 391 g/mol. The van der Waals surface area contributed by atoms with Crippen LogP contribution in [0.1, 0.15) is 46.4 Å². The van der Waals surface area contributed by atoms with Gasteiger partial charge in [0, 0.05) is 38.8 Å². The van der Waals surface area contributed by atoms with Crippen molar-refractivity contribution in [2.24, 2.45) is 0 Å². The second kappa shape index (κ2) is 7.53. The summed E-state index contributed by atoms with van der Waals surface area (Å²) in [6, 6.07) is 2.04. The fourth-order valence-electron chi connectivity index (χ4n) is 3.42. The summed E-state index contributed by atoms with van der Waals surface area (Å²) in [5.41, 5.74) is 1.67. The maximum Gasteiger partial charge on any atom is 0.496 e. The molecule has 1 atom stereocenters. The van der Waals surface area contributed by atoms with Gasteiger partial charge in [-0.3, -0.25) is 4.98 Å². The molecule has 2 fully saturated rings. The van der Waals surface area contributed by atoms with Crippen LogP contribution in [0.3, 0.4) is 0 Å². The molecule has 0 saturated carbocycles. The summed E-state index contributed by atoms with van der Waals surface area (Å²) in [4.78, 5) is 19.4. The van der Waals surface area contributed by atoms with Gasteiger partial charge in [-0.2, -0.15) is 0 Å². The number of carbonyl (C=O) groups is 1. The zero-order valence-corrected chi connectivity index (χ0v) is 17.6. The van der Waals surface area contributed by atoms with Crippen LogP contribution in [0.5, 0.6) is 0 Å². The van der Waals surface area contributed by atoms with Crippen LogP contribution in [-0.4, -0.2) is 72.7 Å². The van der Waals surface area contributed by atoms with E-state index >= 15 is 0 Å². The number of anilines is 1. The van der Waals surface area contributed by atoms with Gasteiger partial charge in [-0.25, -0.2) is 4.79 Å². The smallest absolute Gasteiger partial charge is 0.465 e. The Balaban J connectivity index is 1.90. The highest BCUT2D eigenvalue weighted by molar-refractivity contribution is 6.62. The van der Waals surface area contributed by atoms with Crippen LogP contribution in [0.4, 0.5) is 10.5 Å². The minimum absolute atomic E-state index is 0.202. The molecule has 0 aliphatic carbocycles. The number of amides is 1. The number of ether oxygens (including phenoxy) is 1. The average Bonchev–Trinajstić information content (AvgIpc) is 2.88. The Labute approximate surface area is 166 Å². The lowest BCUT2D eigenvalue weighted by Gasteiger charge is -2.35. The third-order valence-corrected chi connectivity index (χ3v) is 6.10. The lowest BCUT2D eigenvalue weighted by Crippen LogP contribution is -2.49. The lowest BCUT2D eigenvalue weighted by molar-refractivity contribution is 0.00578. The number of pyridine rings is 1. The molecule has 0 radical (unpaired) electrons. The molecule has 3 rings (SSSR count). The second-order valence-corrected chi connectivity index (χ2v) is 8.39. The van der Waals surface area contributed by atoms with Crippen molar-refractivity contribution in [1.82, 2.24) is 9.88 Å². The van der Waals surface area contributed by atoms with E-state index in [4.69, 9.17) is 19.2 Å². The highest BCUT2D eigenvalue weighted by Gasteiger charge is 2.52. The fourth-order valence-corrected chi connectivity index (χ4v) is 3.42. The maximum atomic E-state index is 11.1. The van der Waals surface area contributed by atoms with Gasteiger partial charge in [0.05, 0.1) is 34.9 Å². The summed E-state index contributed by atoms with van der Waals surface area (Å²) in [5, 5.41) is 9.15. The number of carboxylic acid groups (broad SMARTS) is 1. The number of hydrogen-bond acceptors (Lipinski definition) is 6. The van der Waals surface area contributed by atoms with E-state index in [9.17, 15) is 4.79 Å². The van der Waals surface area contributed by atoms with E-state index in [2.05, 4.69) is 9.88 Å². The Hall–Kier alpha value is -1.84. The van der Waals surface area contributed by atoms with Crippen LogP contribution in [0.2, 0.25) is 0 Å². The van der Waals surface area contributed by atoms with Crippen molar-refractivity contribution < 1.29 is 23.9 Å². The summed E-state index contributed by atoms with van der Waals surface area (Å²) in [7, 11) is 1.12. The molecule has 9 heteroatoms. The fraction of sp³-hybridized carbons (Fsp3) is 0.684. The van der Waals surface area contributed by atoms with Crippen LogP contribution in [0.15, 0.2) is 12.3 Å². The third kappa shape index (κ3) is 3.83. The third-order valence-electron chi connectivity index (χ3n) is 6.10. The van der Waals surface area contributed by atoms with Crippen LogP contribution in [-0.2, 0) is 14.0 Å². The summed E-state index contributed by atoms with van der Waals surface area (Å²) in [6.45, 7) is 12.2. The molecule has 154 valence electrons. The lowest BCUT2D eigenvalue weighted by atomic mass is 9.76. The first-order valence-corrected chi connectivity index (χ1v) is 9.67. The van der Waals surface area contributed by atoms with Crippen molar-refractivity contribution in [2.45, 2.75) is 51.9 Å². The molecule has 1 aromatic heterocycles. The van der Waals surface area contributed by atoms with E-state index in [0.29, 0.717) is 26.2 Å². The molecule has 0 bridgehead atoms. The second-order valence-electron chi connectivity index (χ2n) is 8.39. The van der Waals surface area contributed by atoms with Crippen LogP contribution in [0.25, 0.3) is 0 Å². The predicted octanol–water partition coefficient (Wildman–Crippen LogP) is 1.89. The SMILES string of the molecule is CO[C@@H](C)c1ncc(N2CCN(C(=O)O)CC2)cc1B1OC(C)(C)C(C)(C)O1. The van der Waals surface area contributed by atoms with E-state index in [-0.39, 0.29) is 6.10 Å². The predicted molar refractivity (Wildman–Crippen MR) is 107 cm³/mol. The Morgan fingerprint density at radius 3 is 2.29 bits per heavy atom. The van der Waals surface area contributed by atoms with Gasteiger partial charge in [0.2, 0.25) is 0 Å². The first kappa shape index (κ1) is 20.9. The largest absolute Gasteiger partial charge is 0.496 e. The van der Waals surface area contributed by atoms with Crippen molar-refractivity contribution in [3.63, 3.8) is 0 Å². The van der Waals surface area contributed by atoms with Gasteiger partial charge in [0.15, 0.2) is 0 Å². The van der Waals surface area contributed by atoms with Crippen molar-refractivity contribution in [1.29, 1.82) is 0 Å². The van der Waals surface area contributed by atoms with Gasteiger partial charge in [0.25, 0.3) is 0 Å². The van der Waals surface area contributed by atoms with Gasteiger partial charge < -0.3 is 29.0 Å². The summed E-state index contributed by atoms with van der Waals surface area (Å²) < 4.78 is 18.0. The minimum Gasteiger partial charge on any atom is -0.465 e. The van der Waals surface area contributed by atoms with Gasteiger partial charge >= 0.3 is 13.2 Å². The van der Waals surface area contributed by atoms with Gasteiger partial charge in [-0.1, -0.05) is 0 Å². The van der Waals surface area contributed by atoms with Crippen LogP contribution in [0, 0.1) is 0 Å². The number of nitrogens with zero attached hydrogens (tertiary/aromatic N) is 3. The Morgan fingerprint density at radius 1 is 1.21 bits per heavy atom. The Morgan fingerprint density at radius 2 is 1.79 bits per heavy atom. The molecular formula is C19H30BN3O5. The molecule has 0 spiro atoms. The van der Waals surface area contributed by atoms with Gasteiger partial charge in [0.1, 0.15) is 0 Å². The molecule has 1 N–H and O–H groups in total. The van der Waals surface area contributed by atoms with E-state index in [1.54, 1.807) is 7.11 Å². The van der Waals surface area contributed by atoms with E-state index in [1.807, 2.05) is 46.9 Å². The molecule has 2 aliphatic rings. The number of hydrogen-bond donors (Lipinski definition) is 1. The molecule has 2 aliphatic heterocycles. The quantitative estimate of drug-likeness (QED) is 0.785. The van der Waals surface area contributed by atoms with Crippen LogP contribution >= 0.6 is 0 Å². The van der Waals surface area contributed by atoms with Crippen molar-refractivity contribution in [2.75, 3.05) is 38.2 Å². The summed E-state index contributed by atoms with van der Waals surface area (Å²) in [6.07, 6.45) is 0.739. The number of aromatic nitrogens is 1. The van der Waals surface area contributed by atoms with Gasteiger partial charge in [-0.05, 0) is 40.7 Å². The van der Waals surface area contributed by atoms with Crippen molar-refractivity contribution >= 4 is 24.4 Å². The minimum atomic E-state index is -0.875. The van der Waals surface area contributed by atoms with E-state index < -0.39 is 24.4 Å². The highest BCUT2D eigenvalue weighted by atomic mass is 16.7. The summed E-state index contributed by atoms with van der Waals surface area (Å²) >= 11 is 0. The Kier molecular flexibility index (Phi) is 5.62. The molecule has 0 aromatic carbocycles. The standard InChI is InChI=1S/C19H30BN3O5/c1-13(26-6)16-15(20-27-18(2,3)19(4,5)28-20)11-14(12-21-16)22-7-9-23(10-8-22)17(24)25/h11-13H,7-10H2,1-6H3,(H,24,25)/t13-/m0/s1. The van der Waals surface area contributed by atoms with Crippen molar-refractivity contribution in [3.05, 3.63) is 18.0 Å². The highest BCUT2D eigenvalue weighted by Crippen LogP contribution is 2.37. The molecule has 8 nitrogen and oxygen atoms in total. The molecule has 2 saturated heterocycles. The first-order chi connectivity index (χ1) is 13.1. The van der Waals surface area contributed by atoms with E-state index in [1.165, 1.54) is 4.90 Å². The topological polar surface area (TPSA) is 84.4 Å². The molecule has 1 amide bonds. The summed E-state index contributed by atoms with van der Waals surface area (Å²) in [5.74, 6) is 0. The number of methoxy groups -OCH3 is 1. The van der Waals surface area contributed by atoms with Crippen molar-refractivity contribution in [3.8, 4) is 0 Å². The van der Waals surface area contributed by atoms with E-state index in [0.717, 1.165) is 16.8 Å². The average molecular weight is 391 g/mol. The van der Waals surface area contributed by atoms with Gasteiger partial charge in [-0.15, -0.1) is 0 Å². The number of piperazine rings is 1. The Bertz CT molecular complexity index is 718. The normalized spacial score (nSPS) is 22.4. The zero-order valence-electron chi connectivity index (χ0n) is 17.6. The molecule has 28 heavy (non-hydrogen) atoms. The first-order valence-electron chi connectivity index (χ1n) is 9.67. The molecular weight excluding hydrogens is 361 g/mol.